The number of esters is 1. The lowest BCUT2D eigenvalue weighted by Gasteiger charge is -2.08. The molecule has 0 atom stereocenters. The molecule has 3 nitrogen and oxygen atoms in total. The Morgan fingerprint density at radius 1 is 1.24 bits per heavy atom. The van der Waals surface area contributed by atoms with Gasteiger partial charge in [-0.15, -0.1) is 0 Å². The van der Waals surface area contributed by atoms with E-state index >= 15 is 0 Å². The third-order valence-corrected chi connectivity index (χ3v) is 3.31. The second kappa shape index (κ2) is 6.91. The molecule has 0 amide bonds. The highest BCUT2D eigenvalue weighted by Crippen LogP contribution is 2.17. The van der Waals surface area contributed by atoms with Gasteiger partial charge in [0.15, 0.2) is 5.78 Å². The predicted octanol–water partition coefficient (Wildman–Crippen LogP) is 3.34. The predicted molar refractivity (Wildman–Crippen MR) is 73.2 cm³/mol. The van der Waals surface area contributed by atoms with Crippen LogP contribution in [0.15, 0.2) is 18.2 Å². The molecule has 0 aliphatic rings. The first-order chi connectivity index (χ1) is 8.13. The van der Waals surface area contributed by atoms with E-state index in [0.29, 0.717) is 28.2 Å². The highest BCUT2D eigenvalue weighted by atomic mass is 79.9. The molecule has 0 unspecified atom stereocenters. The van der Waals surface area contributed by atoms with Crippen LogP contribution < -0.4 is 0 Å². The zero-order valence-electron chi connectivity index (χ0n) is 9.33. The molecule has 0 aliphatic carbocycles. The molecule has 17 heavy (non-hydrogen) atoms. The Balaban J connectivity index is 3.20. The first-order valence-corrected chi connectivity index (χ1v) is 7.24. The van der Waals surface area contributed by atoms with Crippen LogP contribution in [0, 0.1) is 0 Å². The molecular weight excluding hydrogens is 352 g/mol. The van der Waals surface area contributed by atoms with Gasteiger partial charge in [-0.3, -0.25) is 4.79 Å². The minimum atomic E-state index is -0.482. The topological polar surface area (TPSA) is 43.4 Å². The summed E-state index contributed by atoms with van der Waals surface area (Å²) in [6.45, 7) is 0. The van der Waals surface area contributed by atoms with Gasteiger partial charge in [-0.05, 0) is 17.7 Å². The van der Waals surface area contributed by atoms with E-state index in [1.165, 1.54) is 7.11 Å². The molecular formula is C12H12Br2O3. The Kier molecular flexibility index (Phi) is 5.85. The van der Waals surface area contributed by atoms with Gasteiger partial charge in [-0.25, -0.2) is 4.79 Å². The van der Waals surface area contributed by atoms with Gasteiger partial charge in [0, 0.05) is 22.6 Å². The number of methoxy groups -OCH3 is 1. The molecule has 0 fully saturated rings. The summed E-state index contributed by atoms with van der Waals surface area (Å²) < 4.78 is 4.66. The van der Waals surface area contributed by atoms with Crippen molar-refractivity contribution in [1.29, 1.82) is 0 Å². The van der Waals surface area contributed by atoms with E-state index in [1.54, 1.807) is 18.2 Å². The Labute approximate surface area is 117 Å². The first-order valence-electron chi connectivity index (χ1n) is 5.00. The highest BCUT2D eigenvalue weighted by Gasteiger charge is 2.17. The van der Waals surface area contributed by atoms with Gasteiger partial charge in [0.05, 0.1) is 12.7 Å². The number of Topliss-reactive ketones (excluding diaryl/α,β-unsaturated/α-hetero) is 1. The van der Waals surface area contributed by atoms with Crippen LogP contribution in [0.1, 0.15) is 32.7 Å². The average Bonchev–Trinajstić information content (AvgIpc) is 2.37. The van der Waals surface area contributed by atoms with Gasteiger partial charge in [-0.1, -0.05) is 37.9 Å². The monoisotopic (exact) mass is 362 g/mol. The van der Waals surface area contributed by atoms with Crippen molar-refractivity contribution < 1.29 is 14.3 Å². The molecule has 1 rings (SSSR count). The van der Waals surface area contributed by atoms with E-state index in [1.807, 2.05) is 0 Å². The Morgan fingerprint density at radius 3 is 2.47 bits per heavy atom. The number of rotatable bonds is 5. The normalized spacial score (nSPS) is 10.1. The van der Waals surface area contributed by atoms with E-state index in [-0.39, 0.29) is 5.78 Å². The van der Waals surface area contributed by atoms with Crippen LogP contribution >= 0.6 is 31.9 Å². The molecule has 0 bridgehead atoms. The molecule has 0 saturated carbocycles. The van der Waals surface area contributed by atoms with Crippen LogP contribution in [0.5, 0.6) is 0 Å². The first kappa shape index (κ1) is 14.4. The Hall–Kier alpha value is -0.680. The van der Waals surface area contributed by atoms with Gasteiger partial charge in [0.2, 0.25) is 0 Å². The maximum atomic E-state index is 11.9. The van der Waals surface area contributed by atoms with Crippen molar-refractivity contribution in [2.45, 2.75) is 11.8 Å². The number of benzene rings is 1. The van der Waals surface area contributed by atoms with Crippen LogP contribution in [0.25, 0.3) is 0 Å². The zero-order chi connectivity index (χ0) is 12.8. The summed E-state index contributed by atoms with van der Waals surface area (Å²) in [6, 6.07) is 5.15. The van der Waals surface area contributed by atoms with Crippen molar-refractivity contribution >= 4 is 43.6 Å². The second-order valence-corrected chi connectivity index (χ2v) is 4.72. The fraction of sp³-hybridized carbons (Fsp3) is 0.333. The summed E-state index contributed by atoms with van der Waals surface area (Å²) in [4.78, 5) is 23.4. The van der Waals surface area contributed by atoms with Crippen molar-refractivity contribution in [3.63, 3.8) is 0 Å². The van der Waals surface area contributed by atoms with E-state index in [9.17, 15) is 9.59 Å². The average molecular weight is 364 g/mol. The number of halogens is 2. The molecule has 1 aromatic carbocycles. The van der Waals surface area contributed by atoms with Crippen LogP contribution in [0.2, 0.25) is 0 Å². The van der Waals surface area contributed by atoms with E-state index in [4.69, 9.17) is 0 Å². The van der Waals surface area contributed by atoms with Crippen molar-refractivity contribution in [3.05, 3.63) is 34.9 Å². The molecule has 0 aromatic heterocycles. The molecule has 0 heterocycles. The second-order valence-electron chi connectivity index (χ2n) is 3.37. The van der Waals surface area contributed by atoms with Crippen LogP contribution in [-0.4, -0.2) is 24.2 Å². The minimum Gasteiger partial charge on any atom is -0.465 e. The number of ether oxygens (including phenoxy) is 1. The lowest BCUT2D eigenvalue weighted by molar-refractivity contribution is 0.0597. The van der Waals surface area contributed by atoms with E-state index < -0.39 is 5.97 Å². The summed E-state index contributed by atoms with van der Waals surface area (Å²) in [5.74, 6) is -0.547. The van der Waals surface area contributed by atoms with Crippen molar-refractivity contribution in [2.75, 3.05) is 12.4 Å². The zero-order valence-corrected chi connectivity index (χ0v) is 12.5. The Bertz CT molecular complexity index is 430. The highest BCUT2D eigenvalue weighted by molar-refractivity contribution is 9.09. The fourth-order valence-corrected chi connectivity index (χ4v) is 2.12. The number of carbonyl (C=O) groups excluding carboxylic acids is 2. The van der Waals surface area contributed by atoms with E-state index in [2.05, 4.69) is 36.6 Å². The number of ketones is 1. The number of hydrogen-bond donors (Lipinski definition) is 0. The van der Waals surface area contributed by atoms with Gasteiger partial charge in [0.25, 0.3) is 0 Å². The van der Waals surface area contributed by atoms with Crippen molar-refractivity contribution in [2.24, 2.45) is 0 Å². The van der Waals surface area contributed by atoms with Gasteiger partial charge >= 0.3 is 5.97 Å². The third-order valence-electron chi connectivity index (χ3n) is 2.27. The lowest BCUT2D eigenvalue weighted by atomic mass is 9.99. The quantitative estimate of drug-likeness (QED) is 0.457. The Morgan fingerprint density at radius 2 is 1.94 bits per heavy atom. The van der Waals surface area contributed by atoms with Crippen molar-refractivity contribution in [1.82, 2.24) is 0 Å². The molecule has 92 valence electrons. The molecule has 1 aromatic rings. The van der Waals surface area contributed by atoms with Crippen LogP contribution in [0.4, 0.5) is 0 Å². The smallest absolute Gasteiger partial charge is 0.338 e. The standard InChI is InChI=1S/C12H12Br2O3/c1-17-12(16)9-3-2-8(7-14)6-10(9)11(15)4-5-13/h2-3,6H,4-5,7H2,1H3. The molecule has 0 N–H and O–H groups in total. The number of carbonyl (C=O) groups is 2. The molecule has 5 heteroatoms. The summed E-state index contributed by atoms with van der Waals surface area (Å²) >= 11 is 6.54. The molecule has 0 saturated heterocycles. The SMILES string of the molecule is COC(=O)c1ccc(CBr)cc1C(=O)CCBr. The maximum Gasteiger partial charge on any atom is 0.338 e. The third kappa shape index (κ3) is 3.64. The minimum absolute atomic E-state index is 0.0647. The maximum absolute atomic E-state index is 11.9. The molecule has 0 aliphatic heterocycles. The van der Waals surface area contributed by atoms with E-state index in [0.717, 1.165) is 5.56 Å². The lowest BCUT2D eigenvalue weighted by Crippen LogP contribution is -2.11. The number of hydrogen-bond acceptors (Lipinski definition) is 3. The number of alkyl halides is 2. The molecule has 0 radical (unpaired) electrons. The van der Waals surface area contributed by atoms with Crippen LogP contribution in [-0.2, 0) is 10.1 Å². The summed E-state index contributed by atoms with van der Waals surface area (Å²) in [5.41, 5.74) is 1.70. The van der Waals surface area contributed by atoms with Crippen molar-refractivity contribution in [3.8, 4) is 0 Å². The largest absolute Gasteiger partial charge is 0.465 e. The summed E-state index contributed by atoms with van der Waals surface area (Å²) in [5, 5.41) is 1.22. The summed E-state index contributed by atoms with van der Waals surface area (Å²) in [6.07, 6.45) is 0.357. The van der Waals surface area contributed by atoms with Gasteiger partial charge < -0.3 is 4.74 Å². The summed E-state index contributed by atoms with van der Waals surface area (Å²) in [7, 11) is 1.31. The fourth-order valence-electron chi connectivity index (χ4n) is 1.41. The van der Waals surface area contributed by atoms with Gasteiger partial charge in [-0.2, -0.15) is 0 Å². The van der Waals surface area contributed by atoms with Gasteiger partial charge in [0.1, 0.15) is 0 Å². The molecule has 0 spiro atoms. The van der Waals surface area contributed by atoms with Crippen LogP contribution in [0.3, 0.4) is 0 Å².